The summed E-state index contributed by atoms with van der Waals surface area (Å²) in [6, 6.07) is 3.81. The number of aromatic nitrogens is 2. The first-order chi connectivity index (χ1) is 9.93. The van der Waals surface area contributed by atoms with Gasteiger partial charge >= 0.3 is 0 Å². The van der Waals surface area contributed by atoms with Gasteiger partial charge in [-0.2, -0.15) is 0 Å². The van der Waals surface area contributed by atoms with Crippen LogP contribution in [0.3, 0.4) is 0 Å². The van der Waals surface area contributed by atoms with Gasteiger partial charge in [0.05, 0.1) is 11.4 Å². The van der Waals surface area contributed by atoms with Gasteiger partial charge in [-0.1, -0.05) is 37.0 Å². The summed E-state index contributed by atoms with van der Waals surface area (Å²) >= 11 is 18.2. The van der Waals surface area contributed by atoms with E-state index in [0.717, 1.165) is 16.1 Å². The minimum atomic E-state index is 0.179. The van der Waals surface area contributed by atoms with E-state index in [4.69, 9.17) is 39.5 Å². The van der Waals surface area contributed by atoms with E-state index in [2.05, 4.69) is 23.8 Å². The third-order valence-electron chi connectivity index (χ3n) is 3.11. The fraction of sp³-hybridized carbons (Fsp3) is 0.333. The smallest absolute Gasteiger partial charge is 0.228 e. The third kappa shape index (κ3) is 3.60. The first kappa shape index (κ1) is 16.3. The van der Waals surface area contributed by atoms with E-state index in [0.29, 0.717) is 28.3 Å². The SMILES string of the molecule is Cc1cc(Cl)c(C(C)C)cc1Oc1ncnc(Cl)c1CCl. The molecule has 1 aromatic carbocycles. The molecule has 0 aliphatic heterocycles. The topological polar surface area (TPSA) is 35.0 Å². The highest BCUT2D eigenvalue weighted by molar-refractivity contribution is 6.31. The molecule has 3 nitrogen and oxygen atoms in total. The molecule has 2 rings (SSSR count). The molecule has 0 N–H and O–H groups in total. The number of aryl methyl sites for hydroxylation is 1. The number of nitrogens with zero attached hydrogens (tertiary/aromatic N) is 2. The van der Waals surface area contributed by atoms with E-state index < -0.39 is 0 Å². The molecule has 0 amide bonds. The van der Waals surface area contributed by atoms with Crippen LogP contribution in [0.5, 0.6) is 11.6 Å². The quantitative estimate of drug-likeness (QED) is 0.523. The Morgan fingerprint density at radius 1 is 1.19 bits per heavy atom. The third-order valence-corrected chi connectivity index (χ3v) is 4.03. The monoisotopic (exact) mass is 344 g/mol. The number of alkyl halides is 1. The van der Waals surface area contributed by atoms with Crippen LogP contribution in [0.2, 0.25) is 10.2 Å². The maximum absolute atomic E-state index is 6.26. The highest BCUT2D eigenvalue weighted by atomic mass is 35.5. The van der Waals surface area contributed by atoms with Crippen LogP contribution >= 0.6 is 34.8 Å². The van der Waals surface area contributed by atoms with Gasteiger partial charge in [-0.25, -0.2) is 9.97 Å². The molecular weight excluding hydrogens is 331 g/mol. The molecule has 0 spiro atoms. The molecule has 0 bridgehead atoms. The van der Waals surface area contributed by atoms with Gasteiger partial charge in [0.1, 0.15) is 17.2 Å². The van der Waals surface area contributed by atoms with Crippen molar-refractivity contribution >= 4 is 34.8 Å². The standard InChI is InChI=1S/C15H15Cl3N2O/c1-8(2)10-5-13(9(3)4-12(10)17)21-15-11(6-16)14(18)19-7-20-15/h4-5,7-8H,6H2,1-3H3. The summed E-state index contributed by atoms with van der Waals surface area (Å²) < 4.78 is 5.88. The van der Waals surface area contributed by atoms with Gasteiger partial charge in [0, 0.05) is 5.02 Å². The summed E-state index contributed by atoms with van der Waals surface area (Å²) in [6.07, 6.45) is 1.35. The zero-order valence-corrected chi connectivity index (χ0v) is 14.2. The number of hydrogen-bond donors (Lipinski definition) is 0. The lowest BCUT2D eigenvalue weighted by Gasteiger charge is -2.15. The van der Waals surface area contributed by atoms with Crippen molar-refractivity contribution in [3.05, 3.63) is 45.3 Å². The molecule has 1 aromatic heterocycles. The summed E-state index contributed by atoms with van der Waals surface area (Å²) in [5.74, 6) is 1.52. The molecule has 112 valence electrons. The number of benzene rings is 1. The van der Waals surface area contributed by atoms with Crippen molar-refractivity contribution in [2.75, 3.05) is 0 Å². The van der Waals surface area contributed by atoms with Crippen molar-refractivity contribution < 1.29 is 4.74 Å². The number of rotatable bonds is 4. The van der Waals surface area contributed by atoms with Gasteiger partial charge in [-0.15, -0.1) is 11.6 Å². The average Bonchev–Trinajstić information content (AvgIpc) is 2.41. The fourth-order valence-corrected chi connectivity index (χ4v) is 2.84. The van der Waals surface area contributed by atoms with Gasteiger partial charge in [-0.05, 0) is 36.1 Å². The van der Waals surface area contributed by atoms with E-state index in [-0.39, 0.29) is 5.88 Å². The van der Waals surface area contributed by atoms with Crippen LogP contribution in [0, 0.1) is 6.92 Å². The largest absolute Gasteiger partial charge is 0.438 e. The highest BCUT2D eigenvalue weighted by Gasteiger charge is 2.15. The Labute approximate surface area is 139 Å². The molecule has 6 heteroatoms. The maximum Gasteiger partial charge on any atom is 0.228 e. The second kappa shape index (κ2) is 6.82. The Morgan fingerprint density at radius 2 is 1.90 bits per heavy atom. The van der Waals surface area contributed by atoms with Gasteiger partial charge in [-0.3, -0.25) is 0 Å². The molecule has 0 saturated carbocycles. The van der Waals surface area contributed by atoms with Crippen LogP contribution in [0.1, 0.15) is 36.5 Å². The summed E-state index contributed by atoms with van der Waals surface area (Å²) in [5, 5.41) is 1.03. The van der Waals surface area contributed by atoms with E-state index in [1.165, 1.54) is 6.33 Å². The lowest BCUT2D eigenvalue weighted by Crippen LogP contribution is -1.99. The van der Waals surface area contributed by atoms with Crippen molar-refractivity contribution in [2.45, 2.75) is 32.6 Å². The Balaban J connectivity index is 2.45. The summed E-state index contributed by atoms with van der Waals surface area (Å²) in [6.45, 7) is 6.08. The van der Waals surface area contributed by atoms with Crippen LogP contribution in [0.4, 0.5) is 0 Å². The minimum Gasteiger partial charge on any atom is -0.438 e. The molecule has 0 aliphatic carbocycles. The molecule has 0 radical (unpaired) electrons. The van der Waals surface area contributed by atoms with E-state index in [1.807, 2.05) is 19.1 Å². The molecule has 21 heavy (non-hydrogen) atoms. The van der Waals surface area contributed by atoms with Crippen LogP contribution in [0.25, 0.3) is 0 Å². The van der Waals surface area contributed by atoms with Crippen LogP contribution < -0.4 is 4.74 Å². The fourth-order valence-electron chi connectivity index (χ4n) is 1.90. The summed E-state index contributed by atoms with van der Waals surface area (Å²) in [5.41, 5.74) is 2.51. The zero-order valence-electron chi connectivity index (χ0n) is 12.0. The van der Waals surface area contributed by atoms with Crippen molar-refractivity contribution in [3.8, 4) is 11.6 Å². The maximum atomic E-state index is 6.26. The molecule has 0 atom stereocenters. The minimum absolute atomic E-state index is 0.179. The highest BCUT2D eigenvalue weighted by Crippen LogP contribution is 2.35. The lowest BCUT2D eigenvalue weighted by atomic mass is 10.0. The molecule has 0 saturated heterocycles. The van der Waals surface area contributed by atoms with Gasteiger partial charge in [0.15, 0.2) is 0 Å². The first-order valence-electron chi connectivity index (χ1n) is 6.47. The second-order valence-electron chi connectivity index (χ2n) is 4.98. The van der Waals surface area contributed by atoms with Gasteiger partial charge < -0.3 is 4.74 Å². The zero-order chi connectivity index (χ0) is 15.6. The van der Waals surface area contributed by atoms with E-state index in [1.54, 1.807) is 0 Å². The van der Waals surface area contributed by atoms with Crippen LogP contribution in [-0.2, 0) is 5.88 Å². The molecule has 0 aliphatic rings. The predicted molar refractivity (Wildman–Crippen MR) is 87.0 cm³/mol. The summed E-state index contributed by atoms with van der Waals surface area (Å²) in [7, 11) is 0. The van der Waals surface area contributed by atoms with Crippen LogP contribution in [-0.4, -0.2) is 9.97 Å². The molecule has 1 heterocycles. The Bertz CT molecular complexity index is 660. The Morgan fingerprint density at radius 3 is 2.52 bits per heavy atom. The summed E-state index contributed by atoms with van der Waals surface area (Å²) in [4.78, 5) is 8.01. The van der Waals surface area contributed by atoms with Crippen molar-refractivity contribution in [1.29, 1.82) is 0 Å². The van der Waals surface area contributed by atoms with Crippen molar-refractivity contribution in [1.82, 2.24) is 9.97 Å². The second-order valence-corrected chi connectivity index (χ2v) is 6.01. The average molecular weight is 346 g/mol. The normalized spacial score (nSPS) is 11.0. The van der Waals surface area contributed by atoms with Crippen molar-refractivity contribution in [2.24, 2.45) is 0 Å². The lowest BCUT2D eigenvalue weighted by molar-refractivity contribution is 0.452. The number of halogens is 3. The molecule has 0 unspecified atom stereocenters. The Hall–Kier alpha value is -1.03. The van der Waals surface area contributed by atoms with Gasteiger partial charge in [0.25, 0.3) is 0 Å². The number of ether oxygens (including phenoxy) is 1. The Kier molecular flexibility index (Phi) is 5.31. The molecule has 0 fully saturated rings. The molecular formula is C15H15Cl3N2O. The number of hydrogen-bond acceptors (Lipinski definition) is 3. The molecule has 2 aromatic rings. The van der Waals surface area contributed by atoms with Crippen LogP contribution in [0.15, 0.2) is 18.5 Å². The van der Waals surface area contributed by atoms with E-state index in [9.17, 15) is 0 Å². The first-order valence-corrected chi connectivity index (χ1v) is 7.76. The predicted octanol–water partition coefficient (Wildman–Crippen LogP) is 5.75. The van der Waals surface area contributed by atoms with Crippen molar-refractivity contribution in [3.63, 3.8) is 0 Å². The van der Waals surface area contributed by atoms with Gasteiger partial charge in [0.2, 0.25) is 5.88 Å². The van der Waals surface area contributed by atoms with E-state index >= 15 is 0 Å².